The highest BCUT2D eigenvalue weighted by Crippen LogP contribution is 2.38. The second kappa shape index (κ2) is 10.6. The van der Waals surface area contributed by atoms with Crippen molar-refractivity contribution in [2.75, 3.05) is 33.2 Å². The standard InChI is InChI=1S/C28H31F3N4O4S/c1-33-15-21(16-33)26(36)8-6-18-5-7-23-24(19-3-2-4-20(14-19)27(32)37)17-35(25(23)13-18)22-9-11-34(12-10-22)40(38,39)28(29,30)31/h2-5,7,13-14,17,21-22H,6,8-12,15-16H2,1H3,(H2,32,37). The van der Waals surface area contributed by atoms with Crippen LogP contribution in [0, 0.1) is 5.92 Å². The number of aromatic nitrogens is 1. The van der Waals surface area contributed by atoms with Crippen LogP contribution >= 0.6 is 0 Å². The van der Waals surface area contributed by atoms with Crippen molar-refractivity contribution in [2.24, 2.45) is 11.7 Å². The van der Waals surface area contributed by atoms with Crippen LogP contribution in [0.2, 0.25) is 0 Å². The van der Waals surface area contributed by atoms with Crippen molar-refractivity contribution in [2.45, 2.75) is 37.2 Å². The molecule has 3 heterocycles. The summed E-state index contributed by atoms with van der Waals surface area (Å²) in [6.45, 7) is 1.06. The number of hydrogen-bond donors (Lipinski definition) is 1. The average Bonchev–Trinajstić information content (AvgIpc) is 3.28. The topological polar surface area (TPSA) is 106 Å². The molecule has 3 aromatic rings. The largest absolute Gasteiger partial charge is 0.511 e. The number of carbonyl (C=O) groups excluding carboxylic acids is 2. The number of piperidine rings is 1. The van der Waals surface area contributed by atoms with Gasteiger partial charge in [0, 0.05) is 72.8 Å². The Morgan fingerprint density at radius 2 is 1.75 bits per heavy atom. The summed E-state index contributed by atoms with van der Waals surface area (Å²) in [5.74, 6) is -0.260. The lowest BCUT2D eigenvalue weighted by atomic mass is 9.92. The van der Waals surface area contributed by atoms with E-state index >= 15 is 0 Å². The zero-order chi connectivity index (χ0) is 28.8. The lowest BCUT2D eigenvalue weighted by molar-refractivity contribution is -0.127. The first-order chi connectivity index (χ1) is 18.8. The number of primary amides is 1. The predicted octanol–water partition coefficient (Wildman–Crippen LogP) is 3.96. The molecule has 1 aromatic heterocycles. The maximum atomic E-state index is 13.1. The number of likely N-dealkylation sites (tertiary alicyclic amines) is 1. The van der Waals surface area contributed by atoms with E-state index in [0.717, 1.165) is 40.7 Å². The number of alkyl halides is 3. The third-order valence-corrected chi connectivity index (χ3v) is 9.62. The molecule has 0 radical (unpaired) electrons. The highest BCUT2D eigenvalue weighted by molar-refractivity contribution is 7.90. The molecule has 0 unspecified atom stereocenters. The molecule has 0 atom stereocenters. The molecule has 0 spiro atoms. The Labute approximate surface area is 230 Å². The maximum Gasteiger partial charge on any atom is 0.511 e. The van der Waals surface area contributed by atoms with Gasteiger partial charge in [-0.15, -0.1) is 0 Å². The molecule has 8 nitrogen and oxygen atoms in total. The van der Waals surface area contributed by atoms with E-state index in [-0.39, 0.29) is 43.7 Å². The van der Waals surface area contributed by atoms with Crippen molar-refractivity contribution >= 4 is 32.6 Å². The quantitative estimate of drug-likeness (QED) is 0.437. The summed E-state index contributed by atoms with van der Waals surface area (Å²) < 4.78 is 65.7. The van der Waals surface area contributed by atoms with Crippen molar-refractivity contribution in [3.63, 3.8) is 0 Å². The number of aryl methyl sites for hydroxylation is 1. The van der Waals surface area contributed by atoms with E-state index in [0.29, 0.717) is 22.7 Å². The summed E-state index contributed by atoms with van der Waals surface area (Å²) in [5, 5.41) is 0.877. The summed E-state index contributed by atoms with van der Waals surface area (Å²) in [5.41, 5.74) is 3.88. The van der Waals surface area contributed by atoms with E-state index in [1.165, 1.54) is 0 Å². The predicted molar refractivity (Wildman–Crippen MR) is 145 cm³/mol. The van der Waals surface area contributed by atoms with Gasteiger partial charge < -0.3 is 15.2 Å². The molecular formula is C28H31F3N4O4S. The molecule has 5 rings (SSSR count). The average molecular weight is 577 g/mol. The number of Topliss-reactive ketones (excluding diaryl/α,β-unsaturated/α-hetero) is 1. The molecule has 12 heteroatoms. The summed E-state index contributed by atoms with van der Waals surface area (Å²) >= 11 is 0. The Morgan fingerprint density at radius 1 is 1.05 bits per heavy atom. The van der Waals surface area contributed by atoms with Gasteiger partial charge in [-0.2, -0.15) is 17.5 Å². The number of rotatable bonds is 8. The van der Waals surface area contributed by atoms with Crippen LogP contribution in [-0.4, -0.2) is 72.6 Å². The zero-order valence-electron chi connectivity index (χ0n) is 22.0. The molecule has 2 aliphatic rings. The van der Waals surface area contributed by atoms with Crippen molar-refractivity contribution in [1.29, 1.82) is 0 Å². The van der Waals surface area contributed by atoms with E-state index < -0.39 is 21.4 Å². The van der Waals surface area contributed by atoms with Gasteiger partial charge in [-0.3, -0.25) is 9.59 Å². The highest BCUT2D eigenvalue weighted by Gasteiger charge is 2.50. The fraction of sp³-hybridized carbons (Fsp3) is 0.429. The van der Waals surface area contributed by atoms with Gasteiger partial charge in [0.05, 0.1) is 0 Å². The fourth-order valence-corrected chi connectivity index (χ4v) is 6.69. The highest BCUT2D eigenvalue weighted by atomic mass is 32.2. The van der Waals surface area contributed by atoms with Crippen molar-refractivity contribution < 1.29 is 31.2 Å². The first-order valence-electron chi connectivity index (χ1n) is 13.2. The van der Waals surface area contributed by atoms with Gasteiger partial charge in [-0.05, 0) is 55.6 Å². The third kappa shape index (κ3) is 5.39. The van der Waals surface area contributed by atoms with E-state index in [9.17, 15) is 31.2 Å². The molecule has 0 saturated carbocycles. The van der Waals surface area contributed by atoms with Crippen LogP contribution in [0.1, 0.15) is 41.2 Å². The van der Waals surface area contributed by atoms with Crippen LogP contribution in [0.5, 0.6) is 0 Å². The second-order valence-corrected chi connectivity index (χ2v) is 12.6. The van der Waals surface area contributed by atoms with Crippen LogP contribution in [0.25, 0.3) is 22.0 Å². The molecule has 40 heavy (non-hydrogen) atoms. The summed E-state index contributed by atoms with van der Waals surface area (Å²) in [4.78, 5) is 26.5. The van der Waals surface area contributed by atoms with Crippen LogP contribution in [0.4, 0.5) is 13.2 Å². The molecule has 2 N–H and O–H groups in total. The fourth-order valence-electron chi connectivity index (χ4n) is 5.71. The number of nitrogens with two attached hydrogens (primary N) is 1. The Bertz CT molecular complexity index is 1550. The van der Waals surface area contributed by atoms with Gasteiger partial charge in [0.2, 0.25) is 5.91 Å². The van der Waals surface area contributed by atoms with Crippen LogP contribution in [0.3, 0.4) is 0 Å². The van der Waals surface area contributed by atoms with Crippen LogP contribution in [-0.2, 0) is 21.2 Å². The van der Waals surface area contributed by atoms with Gasteiger partial charge in [0.15, 0.2) is 0 Å². The molecule has 1 amide bonds. The number of carbonyl (C=O) groups is 2. The normalized spacial score (nSPS) is 18.2. The summed E-state index contributed by atoms with van der Waals surface area (Å²) in [6, 6.07) is 12.6. The van der Waals surface area contributed by atoms with Gasteiger partial charge in [0.25, 0.3) is 0 Å². The lowest BCUT2D eigenvalue weighted by Gasteiger charge is -2.35. The molecule has 0 bridgehead atoms. The van der Waals surface area contributed by atoms with Gasteiger partial charge in [0.1, 0.15) is 5.78 Å². The number of benzene rings is 2. The summed E-state index contributed by atoms with van der Waals surface area (Å²) in [7, 11) is -3.41. The molecule has 0 aliphatic carbocycles. The molecule has 2 saturated heterocycles. The molecule has 214 valence electrons. The number of hydrogen-bond acceptors (Lipinski definition) is 5. The monoisotopic (exact) mass is 576 g/mol. The smallest absolute Gasteiger partial charge is 0.366 e. The Hall–Kier alpha value is -3.22. The van der Waals surface area contributed by atoms with Crippen LogP contribution in [0.15, 0.2) is 48.7 Å². The Kier molecular flexibility index (Phi) is 7.53. The minimum Gasteiger partial charge on any atom is -0.366 e. The van der Waals surface area contributed by atoms with Crippen molar-refractivity contribution in [3.8, 4) is 11.1 Å². The Morgan fingerprint density at radius 3 is 2.38 bits per heavy atom. The molecular weight excluding hydrogens is 545 g/mol. The van der Waals surface area contributed by atoms with E-state index in [2.05, 4.69) is 4.90 Å². The van der Waals surface area contributed by atoms with Crippen molar-refractivity contribution in [1.82, 2.24) is 13.8 Å². The Balaban J connectivity index is 1.46. The number of amides is 1. The second-order valence-electron chi connectivity index (χ2n) is 10.7. The van der Waals surface area contributed by atoms with Crippen LogP contribution < -0.4 is 5.73 Å². The first-order valence-corrected chi connectivity index (χ1v) is 14.6. The number of fused-ring (bicyclic) bond motifs is 1. The molecule has 2 fully saturated rings. The van der Waals surface area contributed by atoms with Gasteiger partial charge >= 0.3 is 15.5 Å². The summed E-state index contributed by atoms with van der Waals surface area (Å²) in [6.07, 6.45) is 3.30. The van der Waals surface area contributed by atoms with Gasteiger partial charge in [-0.1, -0.05) is 24.3 Å². The number of nitrogens with zero attached hydrogens (tertiary/aromatic N) is 3. The van der Waals surface area contributed by atoms with E-state index in [1.807, 2.05) is 42.1 Å². The SMILES string of the molecule is CN1CC(C(=O)CCc2ccc3c(-c4cccc(C(N)=O)c4)cn(C4CCN(S(=O)(=O)C(F)(F)F)CC4)c3c2)C1. The number of ketones is 1. The minimum atomic E-state index is -5.38. The number of sulfonamides is 1. The maximum absolute atomic E-state index is 13.1. The zero-order valence-corrected chi connectivity index (χ0v) is 22.8. The van der Waals surface area contributed by atoms with E-state index in [1.54, 1.807) is 18.2 Å². The first kappa shape index (κ1) is 28.3. The van der Waals surface area contributed by atoms with E-state index in [4.69, 9.17) is 5.73 Å². The van der Waals surface area contributed by atoms with Crippen molar-refractivity contribution in [3.05, 3.63) is 59.8 Å². The molecule has 2 aliphatic heterocycles. The molecule has 2 aromatic carbocycles. The number of halogens is 3. The minimum absolute atomic E-state index is 0.0693. The lowest BCUT2D eigenvalue weighted by Crippen LogP contribution is -2.47. The third-order valence-electron chi connectivity index (χ3n) is 7.99. The van der Waals surface area contributed by atoms with Gasteiger partial charge in [-0.25, -0.2) is 8.42 Å².